The molecule has 0 spiro atoms. The van der Waals surface area contributed by atoms with Gasteiger partial charge in [0.25, 0.3) is 0 Å². The normalized spacial score (nSPS) is 10.8. The molecule has 8 nitrogen and oxygen atoms in total. The summed E-state index contributed by atoms with van der Waals surface area (Å²) in [6, 6.07) is 40.1. The zero-order valence-corrected chi connectivity index (χ0v) is 22.1. The maximum Gasteiger partial charge on any atom is 0.143 e. The summed E-state index contributed by atoms with van der Waals surface area (Å²) in [6.07, 6.45) is 0. The van der Waals surface area contributed by atoms with Crippen LogP contribution in [0.3, 0.4) is 0 Å². The second-order valence-corrected chi connectivity index (χ2v) is 8.97. The highest BCUT2D eigenvalue weighted by Crippen LogP contribution is 2.37. The van der Waals surface area contributed by atoms with Crippen LogP contribution in [-0.4, -0.2) is 10.2 Å². The lowest BCUT2D eigenvalue weighted by atomic mass is 10.1. The lowest BCUT2D eigenvalue weighted by Crippen LogP contribution is -1.76. The minimum Gasteiger partial charge on any atom is -0.506 e. The smallest absolute Gasteiger partial charge is 0.143 e. The summed E-state index contributed by atoms with van der Waals surface area (Å²) >= 11 is 0. The molecule has 2 N–H and O–H groups in total. The number of nitriles is 2. The van der Waals surface area contributed by atoms with Gasteiger partial charge in [-0.25, -0.2) is 0 Å². The van der Waals surface area contributed by atoms with E-state index in [0.717, 1.165) is 21.5 Å². The number of hydrogen-bond donors (Lipinski definition) is 2. The molecule has 0 heterocycles. The van der Waals surface area contributed by atoms with Crippen molar-refractivity contribution in [2.45, 2.75) is 0 Å². The summed E-state index contributed by atoms with van der Waals surface area (Å²) in [5.41, 5.74) is 2.66. The van der Waals surface area contributed by atoms with Gasteiger partial charge in [0.1, 0.15) is 46.4 Å². The minimum absolute atomic E-state index is 0.0619. The van der Waals surface area contributed by atoms with Crippen LogP contribution in [0.1, 0.15) is 11.1 Å². The molecule has 0 unspecified atom stereocenters. The number of fused-ring (bicyclic) bond motifs is 2. The van der Waals surface area contributed by atoms with Gasteiger partial charge in [-0.3, -0.25) is 0 Å². The molecule has 42 heavy (non-hydrogen) atoms. The quantitative estimate of drug-likeness (QED) is 0.213. The molecule has 0 aliphatic heterocycles. The summed E-state index contributed by atoms with van der Waals surface area (Å²) < 4.78 is 0. The first-order valence-corrected chi connectivity index (χ1v) is 12.8. The van der Waals surface area contributed by atoms with E-state index in [4.69, 9.17) is 10.5 Å². The summed E-state index contributed by atoms with van der Waals surface area (Å²) in [5.74, 6) is 0.124. The van der Waals surface area contributed by atoms with E-state index in [1.165, 1.54) is 0 Å². The molecule has 0 aromatic heterocycles. The molecule has 200 valence electrons. The minimum atomic E-state index is 0.0619. The third-order valence-electron chi connectivity index (χ3n) is 6.32. The summed E-state index contributed by atoms with van der Waals surface area (Å²) in [5, 5.41) is 58.1. The van der Waals surface area contributed by atoms with Crippen molar-refractivity contribution >= 4 is 44.3 Å². The fourth-order valence-corrected chi connectivity index (χ4v) is 4.22. The van der Waals surface area contributed by atoms with Crippen LogP contribution in [0.4, 0.5) is 22.7 Å². The Kier molecular flexibility index (Phi) is 8.19. The van der Waals surface area contributed by atoms with Crippen LogP contribution < -0.4 is 0 Å². The van der Waals surface area contributed by atoms with Crippen molar-refractivity contribution in [2.24, 2.45) is 20.5 Å². The maximum atomic E-state index is 9.99. The zero-order chi connectivity index (χ0) is 29.3. The lowest BCUT2D eigenvalue weighted by Gasteiger charge is -2.03. The third-order valence-corrected chi connectivity index (χ3v) is 6.32. The Hall–Kier alpha value is -6.38. The fraction of sp³-hybridized carbons (Fsp3) is 0. The second-order valence-electron chi connectivity index (χ2n) is 8.97. The number of rotatable bonds is 4. The number of aromatic hydroxyl groups is 2. The number of phenols is 2. The average Bonchev–Trinajstić information content (AvgIpc) is 3.04. The van der Waals surface area contributed by atoms with Crippen molar-refractivity contribution in [3.8, 4) is 23.6 Å². The number of benzene rings is 6. The van der Waals surface area contributed by atoms with Gasteiger partial charge in [-0.2, -0.15) is 10.5 Å². The first-order valence-electron chi connectivity index (χ1n) is 12.8. The Bertz CT molecular complexity index is 1910. The van der Waals surface area contributed by atoms with Gasteiger partial charge in [0.15, 0.2) is 0 Å². The Labute approximate surface area is 241 Å². The van der Waals surface area contributed by atoms with Gasteiger partial charge in [-0.05, 0) is 47.2 Å². The van der Waals surface area contributed by atoms with E-state index < -0.39 is 0 Å². The standard InChI is InChI=1S/2C17H11N3O/c2*18-11-13-6-2-4-8-15(13)19-20-17-14-7-3-1-5-12(14)9-10-16(17)21/h2*1-10,21H. The summed E-state index contributed by atoms with van der Waals surface area (Å²) in [4.78, 5) is 0. The van der Waals surface area contributed by atoms with Gasteiger partial charge in [0.2, 0.25) is 0 Å². The Morgan fingerprint density at radius 2 is 0.810 bits per heavy atom. The second kappa shape index (κ2) is 12.6. The van der Waals surface area contributed by atoms with Gasteiger partial charge >= 0.3 is 0 Å². The van der Waals surface area contributed by atoms with Crippen LogP contribution in [0, 0.1) is 22.7 Å². The molecule has 0 aliphatic rings. The van der Waals surface area contributed by atoms with Gasteiger partial charge in [0, 0.05) is 10.8 Å². The third kappa shape index (κ3) is 5.94. The molecule has 0 atom stereocenters. The predicted octanol–water partition coefficient (Wildman–Crippen LogP) is 9.66. The Morgan fingerprint density at radius 3 is 1.24 bits per heavy atom. The van der Waals surface area contributed by atoms with Crippen LogP contribution in [0.25, 0.3) is 21.5 Å². The Morgan fingerprint density at radius 1 is 0.429 bits per heavy atom. The topological polar surface area (TPSA) is 137 Å². The van der Waals surface area contributed by atoms with Crippen LogP contribution in [-0.2, 0) is 0 Å². The van der Waals surface area contributed by atoms with Crippen molar-refractivity contribution in [1.82, 2.24) is 0 Å². The van der Waals surface area contributed by atoms with Crippen LogP contribution in [0.15, 0.2) is 142 Å². The van der Waals surface area contributed by atoms with E-state index in [1.807, 2.05) is 60.7 Å². The first-order chi connectivity index (χ1) is 20.6. The summed E-state index contributed by atoms with van der Waals surface area (Å²) in [7, 11) is 0. The molecule has 0 radical (unpaired) electrons. The van der Waals surface area contributed by atoms with E-state index in [-0.39, 0.29) is 11.5 Å². The van der Waals surface area contributed by atoms with Crippen molar-refractivity contribution in [3.05, 3.63) is 132 Å². The molecule has 0 amide bonds. The molecule has 0 bridgehead atoms. The molecule has 6 rings (SSSR count). The SMILES string of the molecule is N#Cc1ccccc1N=Nc1c(O)ccc2ccccc12.N#Cc1ccccc1N=Nc1c(O)ccc2ccccc12. The van der Waals surface area contributed by atoms with Gasteiger partial charge < -0.3 is 10.2 Å². The van der Waals surface area contributed by atoms with Gasteiger partial charge in [-0.1, -0.05) is 84.9 Å². The molecule has 6 aromatic rings. The van der Waals surface area contributed by atoms with E-state index in [9.17, 15) is 10.2 Å². The molecule has 8 heteroatoms. The molecule has 0 saturated carbocycles. The molecule has 6 aromatic carbocycles. The van der Waals surface area contributed by atoms with Crippen molar-refractivity contribution in [2.75, 3.05) is 0 Å². The Balaban J connectivity index is 0.000000168. The fourth-order valence-electron chi connectivity index (χ4n) is 4.22. The first kappa shape index (κ1) is 27.2. The van der Waals surface area contributed by atoms with Crippen molar-refractivity contribution in [3.63, 3.8) is 0 Å². The van der Waals surface area contributed by atoms with Crippen molar-refractivity contribution < 1.29 is 10.2 Å². The number of nitrogens with zero attached hydrogens (tertiary/aromatic N) is 6. The number of phenolic OH excluding ortho intramolecular Hbond substituents is 2. The van der Waals surface area contributed by atoms with Crippen LogP contribution >= 0.6 is 0 Å². The zero-order valence-electron chi connectivity index (χ0n) is 22.1. The number of hydrogen-bond acceptors (Lipinski definition) is 8. The van der Waals surface area contributed by atoms with E-state index in [1.54, 1.807) is 60.7 Å². The van der Waals surface area contributed by atoms with Crippen LogP contribution in [0.2, 0.25) is 0 Å². The van der Waals surface area contributed by atoms with Gasteiger partial charge in [0.05, 0.1) is 11.1 Å². The summed E-state index contributed by atoms with van der Waals surface area (Å²) in [6.45, 7) is 0. The number of azo groups is 2. The van der Waals surface area contributed by atoms with E-state index >= 15 is 0 Å². The molecule has 0 saturated heterocycles. The molecular weight excluding hydrogens is 524 g/mol. The molecule has 0 fully saturated rings. The monoisotopic (exact) mass is 546 g/mol. The lowest BCUT2D eigenvalue weighted by molar-refractivity contribution is 0.476. The largest absolute Gasteiger partial charge is 0.506 e. The van der Waals surface area contributed by atoms with Gasteiger partial charge in [-0.15, -0.1) is 20.5 Å². The van der Waals surface area contributed by atoms with E-state index in [2.05, 4.69) is 32.6 Å². The highest BCUT2D eigenvalue weighted by atomic mass is 16.3. The van der Waals surface area contributed by atoms with E-state index in [0.29, 0.717) is 33.9 Å². The predicted molar refractivity (Wildman–Crippen MR) is 162 cm³/mol. The van der Waals surface area contributed by atoms with Crippen LogP contribution in [0.5, 0.6) is 11.5 Å². The van der Waals surface area contributed by atoms with Crippen molar-refractivity contribution in [1.29, 1.82) is 10.5 Å². The molecule has 0 aliphatic carbocycles. The highest BCUT2D eigenvalue weighted by Gasteiger charge is 2.08. The maximum absolute atomic E-state index is 9.99. The highest BCUT2D eigenvalue weighted by molar-refractivity contribution is 5.96. The average molecular weight is 547 g/mol. The molecular formula is C34H22N6O2.